The van der Waals surface area contributed by atoms with E-state index < -0.39 is 11.2 Å². The van der Waals surface area contributed by atoms with Crippen LogP contribution in [0.2, 0.25) is 5.02 Å². The minimum atomic E-state index is -0.622. The number of ketones is 1. The number of halogens is 1. The maximum Gasteiger partial charge on any atom is 0.329 e. The third-order valence-corrected chi connectivity index (χ3v) is 8.82. The molecule has 210 valence electrons. The molecule has 0 spiro atoms. The Morgan fingerprint density at radius 1 is 1.07 bits per heavy atom. The van der Waals surface area contributed by atoms with Crippen LogP contribution in [-0.2, 0) is 32.2 Å². The van der Waals surface area contributed by atoms with E-state index in [1.807, 2.05) is 30.3 Å². The maximum atomic E-state index is 13.2. The van der Waals surface area contributed by atoms with Gasteiger partial charge < -0.3 is 4.57 Å². The maximum absolute atomic E-state index is 13.2. The second-order valence-corrected chi connectivity index (χ2v) is 11.4. The van der Waals surface area contributed by atoms with Gasteiger partial charge in [-0.25, -0.2) is 14.8 Å². The number of H-pyrrole nitrogens is 1. The molecule has 1 aliphatic carbocycles. The average molecular weight is 597 g/mol. The van der Waals surface area contributed by atoms with Crippen molar-refractivity contribution in [3.8, 4) is 17.2 Å². The third kappa shape index (κ3) is 4.95. The van der Waals surface area contributed by atoms with Gasteiger partial charge in [0.05, 0.1) is 17.9 Å². The summed E-state index contributed by atoms with van der Waals surface area (Å²) in [5.41, 5.74) is 3.61. The minimum absolute atomic E-state index is 0.132. The van der Waals surface area contributed by atoms with Crippen LogP contribution in [0, 0.1) is 11.3 Å². The van der Waals surface area contributed by atoms with Crippen molar-refractivity contribution in [3.63, 3.8) is 0 Å². The molecule has 9 nitrogen and oxygen atoms in total. The number of benzene rings is 2. The van der Waals surface area contributed by atoms with Gasteiger partial charge in [-0.1, -0.05) is 71.9 Å². The van der Waals surface area contributed by atoms with Crippen molar-refractivity contribution in [2.24, 2.45) is 7.05 Å². The Hall–Kier alpha value is -4.46. The van der Waals surface area contributed by atoms with Crippen LogP contribution in [0.25, 0.3) is 22.3 Å². The molecule has 0 bridgehead atoms. The van der Waals surface area contributed by atoms with Gasteiger partial charge in [0.1, 0.15) is 16.9 Å². The lowest BCUT2D eigenvalue weighted by molar-refractivity contribution is 0.0972. The normalized spacial score (nSPS) is 12.7. The summed E-state index contributed by atoms with van der Waals surface area (Å²) >= 11 is 7.93. The Kier molecular flexibility index (Phi) is 7.54. The smallest absolute Gasteiger partial charge is 0.313 e. The number of carbonyl (C=O) groups excluding carboxylic acids is 1. The van der Waals surface area contributed by atoms with E-state index in [4.69, 9.17) is 16.6 Å². The van der Waals surface area contributed by atoms with Crippen LogP contribution in [0.15, 0.2) is 69.2 Å². The Labute approximate surface area is 249 Å². The summed E-state index contributed by atoms with van der Waals surface area (Å²) in [5, 5.41) is 11.5. The lowest BCUT2D eigenvalue weighted by Gasteiger charge is -2.22. The van der Waals surface area contributed by atoms with Crippen LogP contribution in [-0.4, -0.2) is 29.9 Å². The van der Waals surface area contributed by atoms with Crippen molar-refractivity contribution >= 4 is 40.3 Å². The Balaban J connectivity index is 1.46. The summed E-state index contributed by atoms with van der Waals surface area (Å²) in [7, 11) is 1.52. The number of Topliss-reactive ketones (excluding diaryl/α,β-unsaturated/α-hetero) is 1. The number of nitrogens with one attached hydrogen (secondary N) is 1. The number of nitrogens with zero attached hydrogens (tertiary/aromatic N) is 5. The highest BCUT2D eigenvalue weighted by molar-refractivity contribution is 7.98. The summed E-state index contributed by atoms with van der Waals surface area (Å²) in [6.07, 6.45) is 3.63. The van der Waals surface area contributed by atoms with Crippen molar-refractivity contribution in [1.29, 1.82) is 5.26 Å². The summed E-state index contributed by atoms with van der Waals surface area (Å²) in [6, 6.07) is 18.7. The molecule has 0 amide bonds. The minimum Gasteiger partial charge on any atom is -0.313 e. The number of thioether (sulfide) groups is 1. The number of fused-ring (bicyclic) bond motifs is 2. The molecule has 0 fully saturated rings. The first-order valence-electron chi connectivity index (χ1n) is 13.5. The van der Waals surface area contributed by atoms with Gasteiger partial charge in [-0.15, -0.1) is 0 Å². The zero-order valence-electron chi connectivity index (χ0n) is 22.7. The van der Waals surface area contributed by atoms with Gasteiger partial charge in [-0.3, -0.25) is 19.1 Å². The van der Waals surface area contributed by atoms with Crippen LogP contribution in [0.4, 0.5) is 0 Å². The largest absolute Gasteiger partial charge is 0.329 e. The molecule has 0 saturated carbocycles. The van der Waals surface area contributed by atoms with Crippen LogP contribution in [0.1, 0.15) is 45.8 Å². The van der Waals surface area contributed by atoms with Crippen LogP contribution < -0.4 is 11.2 Å². The van der Waals surface area contributed by atoms with E-state index in [1.54, 1.807) is 28.8 Å². The Bertz CT molecular complexity index is 2020. The standard InChI is InChI=1S/C31H25ClN6O3S/c1-37-28-27(29(40)36-31(37)41)38(16-24(39)18-9-3-2-4-10-18)25(35-28)17-42-30-21(15-33)26(19-11-5-7-13-22(19)32)20-12-6-8-14-23(20)34-30/h2-5,7,9-11,13H,6,8,12,14,16-17H2,1H3,(H,36,40,41). The summed E-state index contributed by atoms with van der Waals surface area (Å²) in [4.78, 5) is 50.4. The number of hydrogen-bond donors (Lipinski definition) is 1. The SMILES string of the molecule is Cn1c(=O)[nH]c(=O)c2c1nc(CSc1nc3c(c(-c4ccccc4Cl)c1C#N)CCCC3)n2CC(=O)c1ccccc1. The Morgan fingerprint density at radius 2 is 1.81 bits per heavy atom. The highest BCUT2D eigenvalue weighted by atomic mass is 35.5. The fourth-order valence-electron chi connectivity index (χ4n) is 5.44. The van der Waals surface area contributed by atoms with Crippen molar-refractivity contribution in [1.82, 2.24) is 24.1 Å². The predicted molar refractivity (Wildman–Crippen MR) is 162 cm³/mol. The summed E-state index contributed by atoms with van der Waals surface area (Å²) in [5.74, 6) is 0.404. The number of imidazole rings is 1. The van der Waals surface area contributed by atoms with E-state index in [9.17, 15) is 19.6 Å². The number of carbonyl (C=O) groups is 1. The van der Waals surface area contributed by atoms with Gasteiger partial charge in [0.15, 0.2) is 16.9 Å². The zero-order chi connectivity index (χ0) is 29.4. The predicted octanol–water partition coefficient (Wildman–Crippen LogP) is 5.06. The van der Waals surface area contributed by atoms with Crippen molar-refractivity contribution in [2.75, 3.05) is 0 Å². The molecule has 0 atom stereocenters. The van der Waals surface area contributed by atoms with Crippen molar-refractivity contribution in [2.45, 2.75) is 43.0 Å². The number of rotatable bonds is 7. The summed E-state index contributed by atoms with van der Waals surface area (Å²) in [6.45, 7) is -0.148. The molecule has 0 radical (unpaired) electrons. The highest BCUT2D eigenvalue weighted by Crippen LogP contribution is 2.41. The first-order chi connectivity index (χ1) is 20.4. The molecule has 3 aromatic heterocycles. The Morgan fingerprint density at radius 3 is 2.57 bits per heavy atom. The average Bonchev–Trinajstić information content (AvgIpc) is 3.37. The van der Waals surface area contributed by atoms with E-state index in [0.717, 1.165) is 48.1 Å². The molecule has 2 aromatic carbocycles. The van der Waals surface area contributed by atoms with E-state index in [2.05, 4.69) is 16.0 Å². The number of aromatic nitrogens is 5. The van der Waals surface area contributed by atoms with Crippen molar-refractivity contribution < 1.29 is 4.79 Å². The van der Waals surface area contributed by atoms with E-state index >= 15 is 0 Å². The van der Waals surface area contributed by atoms with Gasteiger partial charge in [0.2, 0.25) is 0 Å². The topological polar surface area (TPSA) is 126 Å². The molecule has 0 aliphatic heterocycles. The first-order valence-corrected chi connectivity index (χ1v) is 14.8. The number of aryl methyl sites for hydroxylation is 2. The highest BCUT2D eigenvalue weighted by Gasteiger charge is 2.26. The molecule has 1 N–H and O–H groups in total. The lowest BCUT2D eigenvalue weighted by Crippen LogP contribution is -2.29. The van der Waals surface area contributed by atoms with Gasteiger partial charge in [0, 0.05) is 34.5 Å². The van der Waals surface area contributed by atoms with E-state index in [0.29, 0.717) is 27.0 Å². The molecule has 42 heavy (non-hydrogen) atoms. The number of nitriles is 1. The monoisotopic (exact) mass is 596 g/mol. The van der Waals surface area contributed by atoms with Crippen LogP contribution in [0.5, 0.6) is 0 Å². The van der Waals surface area contributed by atoms with Gasteiger partial charge in [-0.05, 0) is 37.3 Å². The molecular formula is C31H25ClN6O3S. The van der Waals surface area contributed by atoms with Gasteiger partial charge in [-0.2, -0.15) is 5.26 Å². The number of aromatic amines is 1. The second kappa shape index (κ2) is 11.4. The van der Waals surface area contributed by atoms with E-state index in [-0.39, 0.29) is 29.2 Å². The van der Waals surface area contributed by atoms with Gasteiger partial charge >= 0.3 is 5.69 Å². The molecular weight excluding hydrogens is 572 g/mol. The molecule has 1 aliphatic rings. The summed E-state index contributed by atoms with van der Waals surface area (Å²) < 4.78 is 2.80. The third-order valence-electron chi connectivity index (χ3n) is 7.52. The molecule has 11 heteroatoms. The molecule has 3 heterocycles. The fourth-order valence-corrected chi connectivity index (χ4v) is 6.62. The lowest BCUT2D eigenvalue weighted by atomic mass is 9.87. The number of pyridine rings is 1. The zero-order valence-corrected chi connectivity index (χ0v) is 24.3. The molecule has 6 rings (SSSR count). The quantitative estimate of drug-likeness (QED) is 0.205. The van der Waals surface area contributed by atoms with Crippen LogP contribution in [0.3, 0.4) is 0 Å². The molecule has 0 unspecified atom stereocenters. The fraction of sp³-hybridized carbons (Fsp3) is 0.226. The van der Waals surface area contributed by atoms with Gasteiger partial charge in [0.25, 0.3) is 5.56 Å². The number of hydrogen-bond acceptors (Lipinski definition) is 7. The van der Waals surface area contributed by atoms with Crippen molar-refractivity contribution in [3.05, 3.63) is 109 Å². The molecule has 5 aromatic rings. The molecule has 0 saturated heterocycles. The first kappa shape index (κ1) is 27.7. The van der Waals surface area contributed by atoms with E-state index in [1.165, 1.54) is 23.4 Å². The van der Waals surface area contributed by atoms with Crippen LogP contribution >= 0.6 is 23.4 Å². The second-order valence-electron chi connectivity index (χ2n) is 10.1.